The van der Waals surface area contributed by atoms with Gasteiger partial charge in [-0.25, -0.2) is 24.9 Å². The van der Waals surface area contributed by atoms with E-state index in [1.807, 2.05) is 146 Å². The molecule has 0 amide bonds. The van der Waals surface area contributed by atoms with Crippen molar-refractivity contribution in [3.8, 4) is 68.1 Å². The second-order valence-corrected chi connectivity index (χ2v) is 10.4. The standard InChI is InChI=1S/C37H24ClN5/c38-29-22-20-25(21-23-29)32-24-33(40-34(39-32)26-12-4-1-5-13-26)30-18-10-11-19-31(30)37-42-35(27-14-6-2-7-15-27)41-36(43-37)28-16-8-3-9-17-28/h1-24H. The lowest BCUT2D eigenvalue weighted by Gasteiger charge is -2.13. The first-order valence-corrected chi connectivity index (χ1v) is 14.3. The van der Waals surface area contributed by atoms with E-state index in [-0.39, 0.29) is 0 Å². The molecule has 2 aromatic heterocycles. The number of rotatable bonds is 6. The third kappa shape index (κ3) is 5.67. The Morgan fingerprint density at radius 1 is 0.326 bits per heavy atom. The third-order valence-electron chi connectivity index (χ3n) is 7.04. The highest BCUT2D eigenvalue weighted by atomic mass is 35.5. The van der Waals surface area contributed by atoms with Gasteiger partial charge in [0.25, 0.3) is 0 Å². The summed E-state index contributed by atoms with van der Waals surface area (Å²) in [7, 11) is 0. The average molecular weight is 574 g/mol. The van der Waals surface area contributed by atoms with E-state index in [1.165, 1.54) is 0 Å². The maximum absolute atomic E-state index is 6.20. The van der Waals surface area contributed by atoms with E-state index in [1.54, 1.807) is 0 Å². The van der Waals surface area contributed by atoms with Gasteiger partial charge < -0.3 is 0 Å². The van der Waals surface area contributed by atoms with Crippen LogP contribution < -0.4 is 0 Å². The highest BCUT2D eigenvalue weighted by Crippen LogP contribution is 2.34. The van der Waals surface area contributed by atoms with E-state index in [4.69, 9.17) is 36.5 Å². The van der Waals surface area contributed by atoms with E-state index in [2.05, 4.69) is 0 Å². The van der Waals surface area contributed by atoms with Crippen LogP contribution in [-0.2, 0) is 0 Å². The van der Waals surface area contributed by atoms with E-state index in [9.17, 15) is 0 Å². The van der Waals surface area contributed by atoms with Crippen LogP contribution in [0.3, 0.4) is 0 Å². The lowest BCUT2D eigenvalue weighted by atomic mass is 10.0. The monoisotopic (exact) mass is 573 g/mol. The van der Waals surface area contributed by atoms with Crippen LogP contribution >= 0.6 is 11.6 Å². The first-order chi connectivity index (χ1) is 21.2. The van der Waals surface area contributed by atoms with Gasteiger partial charge in [0.2, 0.25) is 0 Å². The maximum Gasteiger partial charge on any atom is 0.164 e. The first kappa shape index (κ1) is 26.4. The third-order valence-corrected chi connectivity index (χ3v) is 7.29. The fourth-order valence-corrected chi connectivity index (χ4v) is 5.03. The van der Waals surface area contributed by atoms with E-state index >= 15 is 0 Å². The largest absolute Gasteiger partial charge is 0.228 e. The molecule has 0 saturated heterocycles. The Bertz CT molecular complexity index is 1960. The molecule has 5 nitrogen and oxygen atoms in total. The van der Waals surface area contributed by atoms with Gasteiger partial charge in [-0.2, -0.15) is 0 Å². The van der Waals surface area contributed by atoms with Crippen LogP contribution in [0, 0.1) is 0 Å². The Kier molecular flexibility index (Phi) is 7.22. The van der Waals surface area contributed by atoms with Gasteiger partial charge in [-0.3, -0.25) is 0 Å². The van der Waals surface area contributed by atoms with E-state index in [0.29, 0.717) is 28.3 Å². The molecule has 7 rings (SSSR count). The Labute approximate surface area is 254 Å². The summed E-state index contributed by atoms with van der Waals surface area (Å²) in [5, 5.41) is 0.671. The predicted octanol–water partition coefficient (Wildman–Crippen LogP) is 9.32. The normalized spacial score (nSPS) is 10.9. The van der Waals surface area contributed by atoms with Crippen LogP contribution in [-0.4, -0.2) is 24.9 Å². The summed E-state index contributed by atoms with van der Waals surface area (Å²) in [6, 6.07) is 47.7. The topological polar surface area (TPSA) is 64.5 Å². The molecule has 0 fully saturated rings. The van der Waals surface area contributed by atoms with Gasteiger partial charge in [-0.05, 0) is 18.2 Å². The van der Waals surface area contributed by atoms with Gasteiger partial charge in [0.05, 0.1) is 11.4 Å². The fraction of sp³-hybridized carbons (Fsp3) is 0. The molecule has 2 heterocycles. The molecule has 0 aliphatic heterocycles. The second kappa shape index (κ2) is 11.8. The maximum atomic E-state index is 6.20. The summed E-state index contributed by atoms with van der Waals surface area (Å²) < 4.78 is 0. The van der Waals surface area contributed by atoms with Crippen molar-refractivity contribution in [3.05, 3.63) is 151 Å². The molecule has 0 N–H and O–H groups in total. The van der Waals surface area contributed by atoms with Gasteiger partial charge >= 0.3 is 0 Å². The molecule has 6 heteroatoms. The molecule has 0 saturated carbocycles. The second-order valence-electron chi connectivity index (χ2n) is 9.92. The molecule has 204 valence electrons. The van der Waals surface area contributed by atoms with Crippen molar-refractivity contribution in [1.29, 1.82) is 0 Å². The molecule has 0 aliphatic carbocycles. The average Bonchev–Trinajstić information content (AvgIpc) is 3.09. The van der Waals surface area contributed by atoms with Gasteiger partial charge in [-0.15, -0.1) is 0 Å². The van der Waals surface area contributed by atoms with Crippen LogP contribution in [0.1, 0.15) is 0 Å². The van der Waals surface area contributed by atoms with Gasteiger partial charge in [-0.1, -0.05) is 139 Å². The lowest BCUT2D eigenvalue weighted by molar-refractivity contribution is 1.07. The zero-order chi connectivity index (χ0) is 29.0. The Hall–Kier alpha value is -5.52. The van der Waals surface area contributed by atoms with E-state index < -0.39 is 0 Å². The number of benzene rings is 5. The molecule has 43 heavy (non-hydrogen) atoms. The van der Waals surface area contributed by atoms with Gasteiger partial charge in [0.15, 0.2) is 23.3 Å². The number of nitrogens with zero attached hydrogens (tertiary/aromatic N) is 5. The molecule has 0 radical (unpaired) electrons. The summed E-state index contributed by atoms with van der Waals surface area (Å²) >= 11 is 6.20. The molecule has 0 unspecified atom stereocenters. The number of hydrogen-bond donors (Lipinski definition) is 0. The van der Waals surface area contributed by atoms with Crippen molar-refractivity contribution >= 4 is 11.6 Å². The van der Waals surface area contributed by atoms with Crippen LogP contribution in [0.25, 0.3) is 68.1 Å². The number of aromatic nitrogens is 5. The minimum absolute atomic E-state index is 0.566. The molecular weight excluding hydrogens is 550 g/mol. The highest BCUT2D eigenvalue weighted by Gasteiger charge is 2.18. The SMILES string of the molecule is Clc1ccc(-c2cc(-c3ccccc3-c3nc(-c4ccccc4)nc(-c4ccccc4)n3)nc(-c3ccccc3)n2)cc1. The molecule has 5 aromatic carbocycles. The molecule has 0 spiro atoms. The minimum Gasteiger partial charge on any atom is -0.228 e. The Morgan fingerprint density at radius 2 is 0.744 bits per heavy atom. The molecule has 0 aliphatic rings. The van der Waals surface area contributed by atoms with Crippen molar-refractivity contribution in [1.82, 2.24) is 24.9 Å². The minimum atomic E-state index is 0.566. The summed E-state index contributed by atoms with van der Waals surface area (Å²) in [5.41, 5.74) is 6.99. The predicted molar refractivity (Wildman–Crippen MR) is 173 cm³/mol. The zero-order valence-corrected chi connectivity index (χ0v) is 23.7. The summed E-state index contributed by atoms with van der Waals surface area (Å²) in [5.74, 6) is 2.40. The molecule has 7 aromatic rings. The van der Waals surface area contributed by atoms with Crippen molar-refractivity contribution < 1.29 is 0 Å². The van der Waals surface area contributed by atoms with Crippen molar-refractivity contribution in [2.75, 3.05) is 0 Å². The van der Waals surface area contributed by atoms with Crippen molar-refractivity contribution in [2.45, 2.75) is 0 Å². The summed E-state index contributed by atoms with van der Waals surface area (Å²) in [6.45, 7) is 0. The summed E-state index contributed by atoms with van der Waals surface area (Å²) in [6.07, 6.45) is 0. The Morgan fingerprint density at radius 3 is 1.28 bits per heavy atom. The van der Waals surface area contributed by atoms with Crippen LogP contribution in [0.2, 0.25) is 5.02 Å². The number of hydrogen-bond acceptors (Lipinski definition) is 5. The Balaban J connectivity index is 1.44. The van der Waals surface area contributed by atoms with Crippen LogP contribution in [0.4, 0.5) is 0 Å². The lowest BCUT2D eigenvalue weighted by Crippen LogP contribution is -2.02. The molecule has 0 atom stereocenters. The molecule has 0 bridgehead atoms. The van der Waals surface area contributed by atoms with Crippen molar-refractivity contribution in [3.63, 3.8) is 0 Å². The highest BCUT2D eigenvalue weighted by molar-refractivity contribution is 6.30. The zero-order valence-electron chi connectivity index (χ0n) is 23.0. The van der Waals surface area contributed by atoms with E-state index in [0.717, 1.165) is 44.8 Å². The first-order valence-electron chi connectivity index (χ1n) is 13.9. The van der Waals surface area contributed by atoms with Gasteiger partial charge in [0.1, 0.15) is 0 Å². The van der Waals surface area contributed by atoms with Crippen LogP contribution in [0.15, 0.2) is 146 Å². The van der Waals surface area contributed by atoms with Crippen molar-refractivity contribution in [2.24, 2.45) is 0 Å². The molecular formula is C37H24ClN5. The van der Waals surface area contributed by atoms with Gasteiger partial charge in [0, 0.05) is 38.4 Å². The smallest absolute Gasteiger partial charge is 0.164 e. The quantitative estimate of drug-likeness (QED) is 0.198. The summed E-state index contributed by atoms with van der Waals surface area (Å²) in [4.78, 5) is 24.8. The fourth-order valence-electron chi connectivity index (χ4n) is 4.90. The number of halogens is 1. The van der Waals surface area contributed by atoms with Crippen LogP contribution in [0.5, 0.6) is 0 Å².